The van der Waals surface area contributed by atoms with Gasteiger partial charge in [-0.2, -0.15) is 13.2 Å². The summed E-state index contributed by atoms with van der Waals surface area (Å²) in [5.41, 5.74) is -1.47. The minimum absolute atomic E-state index is 0.182. The summed E-state index contributed by atoms with van der Waals surface area (Å²) in [4.78, 5) is 11.3. The molecule has 0 atom stereocenters. The molecule has 0 radical (unpaired) electrons. The number of anilines is 1. The number of carbonyl (C=O) groups is 1. The van der Waals surface area contributed by atoms with Gasteiger partial charge in [0.25, 0.3) is 0 Å². The van der Waals surface area contributed by atoms with Crippen molar-refractivity contribution < 1.29 is 18.0 Å². The summed E-state index contributed by atoms with van der Waals surface area (Å²) in [5, 5.41) is 4.23. The second kappa shape index (κ2) is 5.79. The fourth-order valence-electron chi connectivity index (χ4n) is 1.24. The zero-order valence-corrected chi connectivity index (χ0v) is 11.5. The molecular formula is C10H9BrClF3N2O. The highest BCUT2D eigenvalue weighted by atomic mass is 79.9. The van der Waals surface area contributed by atoms with Crippen LogP contribution >= 0.6 is 27.5 Å². The lowest BCUT2D eigenvalue weighted by Gasteiger charge is -2.16. The van der Waals surface area contributed by atoms with Crippen LogP contribution in [0.2, 0.25) is 5.02 Å². The Balaban J connectivity index is 3.20. The van der Waals surface area contributed by atoms with Gasteiger partial charge in [-0.25, -0.2) is 4.79 Å². The molecule has 1 rings (SSSR count). The molecule has 100 valence electrons. The highest BCUT2D eigenvalue weighted by Crippen LogP contribution is 2.40. The van der Waals surface area contributed by atoms with Crippen molar-refractivity contribution >= 4 is 39.2 Å². The lowest BCUT2D eigenvalue weighted by Crippen LogP contribution is -2.29. The minimum atomic E-state index is -4.61. The van der Waals surface area contributed by atoms with Crippen molar-refractivity contribution in [2.45, 2.75) is 13.1 Å². The number of urea groups is 1. The van der Waals surface area contributed by atoms with E-state index in [4.69, 9.17) is 11.6 Å². The Labute approximate surface area is 115 Å². The third-order valence-corrected chi connectivity index (χ3v) is 2.69. The van der Waals surface area contributed by atoms with Gasteiger partial charge in [0.1, 0.15) is 0 Å². The first-order valence-corrected chi connectivity index (χ1v) is 6.04. The van der Waals surface area contributed by atoms with Crippen LogP contribution in [0.5, 0.6) is 0 Å². The minimum Gasteiger partial charge on any atom is -0.338 e. The molecule has 0 aromatic heterocycles. The van der Waals surface area contributed by atoms with Crippen LogP contribution in [0.25, 0.3) is 0 Å². The summed E-state index contributed by atoms with van der Waals surface area (Å²) < 4.78 is 38.6. The molecule has 2 amide bonds. The van der Waals surface area contributed by atoms with Crippen molar-refractivity contribution in [1.82, 2.24) is 5.32 Å². The predicted molar refractivity (Wildman–Crippen MR) is 66.8 cm³/mol. The Morgan fingerprint density at radius 1 is 1.44 bits per heavy atom. The molecule has 0 fully saturated rings. The number of hydrogen-bond donors (Lipinski definition) is 2. The second-order valence-corrected chi connectivity index (χ2v) is 4.62. The molecule has 18 heavy (non-hydrogen) atoms. The average molecular weight is 346 g/mol. The first-order chi connectivity index (χ1) is 8.25. The maximum absolute atomic E-state index is 12.8. The van der Waals surface area contributed by atoms with E-state index in [-0.39, 0.29) is 9.50 Å². The lowest BCUT2D eigenvalue weighted by atomic mass is 10.1. The van der Waals surface area contributed by atoms with Crippen LogP contribution in [0.3, 0.4) is 0 Å². The van der Waals surface area contributed by atoms with Crippen LogP contribution in [-0.4, -0.2) is 12.6 Å². The summed E-state index contributed by atoms with van der Waals surface area (Å²) >= 11 is 8.64. The molecule has 0 unspecified atom stereocenters. The van der Waals surface area contributed by atoms with Crippen molar-refractivity contribution in [2.24, 2.45) is 0 Å². The van der Waals surface area contributed by atoms with E-state index in [0.29, 0.717) is 6.54 Å². The quantitative estimate of drug-likeness (QED) is 0.826. The number of alkyl halides is 3. The summed E-state index contributed by atoms with van der Waals surface area (Å²) in [6.07, 6.45) is -4.61. The van der Waals surface area contributed by atoms with Crippen LogP contribution in [0, 0.1) is 0 Å². The lowest BCUT2D eigenvalue weighted by molar-refractivity contribution is -0.136. The van der Waals surface area contributed by atoms with E-state index in [1.165, 1.54) is 6.07 Å². The molecule has 1 aromatic carbocycles. The van der Waals surface area contributed by atoms with Gasteiger partial charge in [-0.05, 0) is 19.1 Å². The van der Waals surface area contributed by atoms with E-state index in [0.717, 1.165) is 6.07 Å². The number of benzene rings is 1. The molecule has 1 aromatic rings. The number of amides is 2. The Kier molecular flexibility index (Phi) is 4.86. The molecule has 2 N–H and O–H groups in total. The van der Waals surface area contributed by atoms with Crippen molar-refractivity contribution in [3.8, 4) is 0 Å². The largest absolute Gasteiger partial charge is 0.418 e. The Morgan fingerprint density at radius 3 is 2.56 bits per heavy atom. The van der Waals surface area contributed by atoms with Crippen molar-refractivity contribution in [3.05, 3.63) is 27.2 Å². The van der Waals surface area contributed by atoms with Gasteiger partial charge in [-0.15, -0.1) is 0 Å². The molecule has 0 spiro atoms. The summed E-state index contributed by atoms with van der Waals surface area (Å²) in [6, 6.07) is 1.39. The zero-order valence-electron chi connectivity index (χ0n) is 9.16. The molecular weight excluding hydrogens is 336 g/mol. The predicted octanol–water partition coefficient (Wildman–Crippen LogP) is 4.26. The van der Waals surface area contributed by atoms with Gasteiger partial charge in [-0.3, -0.25) is 0 Å². The molecule has 0 aliphatic rings. The number of hydrogen-bond acceptors (Lipinski definition) is 1. The summed E-state index contributed by atoms with van der Waals surface area (Å²) in [7, 11) is 0. The number of nitrogens with one attached hydrogen (secondary N) is 2. The highest BCUT2D eigenvalue weighted by Gasteiger charge is 2.35. The Hall–Kier alpha value is -0.950. The monoisotopic (exact) mass is 344 g/mol. The van der Waals surface area contributed by atoms with E-state index in [1.54, 1.807) is 6.92 Å². The normalized spacial score (nSPS) is 11.2. The third kappa shape index (κ3) is 3.78. The van der Waals surface area contributed by atoms with Gasteiger partial charge in [0.05, 0.1) is 16.3 Å². The van der Waals surface area contributed by atoms with E-state index in [1.807, 2.05) is 0 Å². The second-order valence-electron chi connectivity index (χ2n) is 3.29. The third-order valence-electron chi connectivity index (χ3n) is 1.94. The van der Waals surface area contributed by atoms with Crippen LogP contribution in [-0.2, 0) is 6.18 Å². The number of carbonyl (C=O) groups excluding carboxylic acids is 1. The number of rotatable bonds is 2. The maximum atomic E-state index is 12.8. The van der Waals surface area contributed by atoms with E-state index in [2.05, 4.69) is 26.6 Å². The van der Waals surface area contributed by atoms with Crippen molar-refractivity contribution in [2.75, 3.05) is 11.9 Å². The highest BCUT2D eigenvalue weighted by molar-refractivity contribution is 9.10. The SMILES string of the molecule is CCNC(=O)Nc1c(Cl)cc(Br)cc1C(F)(F)F. The summed E-state index contributed by atoms with van der Waals surface area (Å²) in [6.45, 7) is 1.94. The molecule has 0 aliphatic carbocycles. The van der Waals surface area contributed by atoms with Crippen LogP contribution in [0.4, 0.5) is 23.7 Å². The van der Waals surface area contributed by atoms with Crippen molar-refractivity contribution in [1.29, 1.82) is 0 Å². The van der Waals surface area contributed by atoms with Gasteiger partial charge in [0.2, 0.25) is 0 Å². The van der Waals surface area contributed by atoms with Gasteiger partial charge in [-0.1, -0.05) is 27.5 Å². The van der Waals surface area contributed by atoms with Gasteiger partial charge in [0.15, 0.2) is 0 Å². The fourth-order valence-corrected chi connectivity index (χ4v) is 2.10. The van der Waals surface area contributed by atoms with Gasteiger partial charge >= 0.3 is 12.2 Å². The standard InChI is InChI=1S/C10H9BrClF3N2O/c1-2-16-9(18)17-8-6(10(13,14)15)3-5(11)4-7(8)12/h3-4H,2H2,1H3,(H2,16,17,18). The molecule has 0 saturated heterocycles. The Bertz CT molecular complexity index is 465. The number of halogens is 5. The first-order valence-electron chi connectivity index (χ1n) is 4.86. The van der Waals surface area contributed by atoms with Crippen LogP contribution in [0.15, 0.2) is 16.6 Å². The van der Waals surface area contributed by atoms with Crippen LogP contribution < -0.4 is 10.6 Å². The molecule has 0 aliphatic heterocycles. The topological polar surface area (TPSA) is 41.1 Å². The molecule has 0 heterocycles. The summed E-state index contributed by atoms with van der Waals surface area (Å²) in [5.74, 6) is 0. The first kappa shape index (κ1) is 15.1. The maximum Gasteiger partial charge on any atom is 0.418 e. The molecule has 0 bridgehead atoms. The fraction of sp³-hybridized carbons (Fsp3) is 0.300. The molecule has 8 heteroatoms. The molecule has 0 saturated carbocycles. The average Bonchev–Trinajstić information content (AvgIpc) is 2.20. The zero-order chi connectivity index (χ0) is 13.9. The Morgan fingerprint density at radius 2 is 2.06 bits per heavy atom. The van der Waals surface area contributed by atoms with Gasteiger partial charge < -0.3 is 10.6 Å². The smallest absolute Gasteiger partial charge is 0.338 e. The van der Waals surface area contributed by atoms with Crippen LogP contribution in [0.1, 0.15) is 12.5 Å². The van der Waals surface area contributed by atoms with Crippen molar-refractivity contribution in [3.63, 3.8) is 0 Å². The van der Waals surface area contributed by atoms with E-state index in [9.17, 15) is 18.0 Å². The molecule has 3 nitrogen and oxygen atoms in total. The van der Waals surface area contributed by atoms with E-state index < -0.39 is 23.5 Å². The van der Waals surface area contributed by atoms with Gasteiger partial charge in [0, 0.05) is 11.0 Å². The van der Waals surface area contributed by atoms with E-state index >= 15 is 0 Å².